The summed E-state index contributed by atoms with van der Waals surface area (Å²) in [4.78, 5) is 4.70. The van der Waals surface area contributed by atoms with Crippen LogP contribution in [0, 0.1) is 0 Å². The number of rotatable bonds is 4. The zero-order valence-corrected chi connectivity index (χ0v) is 12.4. The van der Waals surface area contributed by atoms with Gasteiger partial charge in [-0.25, -0.2) is 0 Å². The third-order valence-corrected chi connectivity index (χ3v) is 4.96. The van der Waals surface area contributed by atoms with E-state index in [1.165, 1.54) is 32.1 Å². The van der Waals surface area contributed by atoms with Crippen molar-refractivity contribution in [1.82, 2.24) is 20.0 Å². The molecule has 3 aliphatic rings. The van der Waals surface area contributed by atoms with Gasteiger partial charge in [0, 0.05) is 25.0 Å². The molecule has 0 radical (unpaired) electrons. The number of aliphatic hydroxyl groups is 1. The standard InChI is InChI=1S/C15H24N4O2/c20-13-9-18(8-12(13)19-6-2-1-3-7-19)10-14-16-17-15(21-14)11-4-5-11/h11-13,20H,1-10H2/t12-,13-/m0/s1. The molecule has 2 saturated heterocycles. The Kier molecular flexibility index (Phi) is 3.69. The van der Waals surface area contributed by atoms with Gasteiger partial charge in [-0.3, -0.25) is 9.80 Å². The van der Waals surface area contributed by atoms with Crippen LogP contribution in [0.5, 0.6) is 0 Å². The van der Waals surface area contributed by atoms with Crippen LogP contribution in [-0.2, 0) is 6.54 Å². The van der Waals surface area contributed by atoms with E-state index >= 15 is 0 Å². The Morgan fingerprint density at radius 3 is 2.67 bits per heavy atom. The molecular formula is C15H24N4O2. The van der Waals surface area contributed by atoms with Crippen LogP contribution < -0.4 is 0 Å². The molecule has 6 heteroatoms. The number of likely N-dealkylation sites (tertiary alicyclic amines) is 2. The van der Waals surface area contributed by atoms with Crippen molar-refractivity contribution >= 4 is 0 Å². The molecule has 1 aliphatic carbocycles. The van der Waals surface area contributed by atoms with Crippen LogP contribution in [0.1, 0.15) is 49.8 Å². The first-order valence-electron chi connectivity index (χ1n) is 8.26. The molecule has 3 heterocycles. The number of hydrogen-bond donors (Lipinski definition) is 1. The van der Waals surface area contributed by atoms with Crippen LogP contribution in [0.25, 0.3) is 0 Å². The molecule has 21 heavy (non-hydrogen) atoms. The summed E-state index contributed by atoms with van der Waals surface area (Å²) in [5.41, 5.74) is 0. The summed E-state index contributed by atoms with van der Waals surface area (Å²) in [5.74, 6) is 2.01. The summed E-state index contributed by atoms with van der Waals surface area (Å²) in [6.07, 6.45) is 5.96. The van der Waals surface area contributed by atoms with Crippen LogP contribution in [0.4, 0.5) is 0 Å². The number of hydrogen-bond acceptors (Lipinski definition) is 6. The lowest BCUT2D eigenvalue weighted by atomic mass is 10.1. The summed E-state index contributed by atoms with van der Waals surface area (Å²) < 4.78 is 5.73. The average molecular weight is 292 g/mol. The van der Waals surface area contributed by atoms with Gasteiger partial charge in [0.05, 0.1) is 12.6 Å². The molecule has 0 bridgehead atoms. The molecule has 3 fully saturated rings. The third-order valence-electron chi connectivity index (χ3n) is 4.96. The molecule has 1 saturated carbocycles. The highest BCUT2D eigenvalue weighted by Crippen LogP contribution is 2.39. The lowest BCUT2D eigenvalue weighted by molar-refractivity contribution is 0.0705. The molecule has 116 valence electrons. The van der Waals surface area contributed by atoms with Gasteiger partial charge in [-0.1, -0.05) is 6.42 Å². The predicted molar refractivity (Wildman–Crippen MR) is 76.8 cm³/mol. The molecule has 0 aromatic carbocycles. The number of nitrogens with zero attached hydrogens (tertiary/aromatic N) is 4. The Bertz CT molecular complexity index is 482. The van der Waals surface area contributed by atoms with Crippen molar-refractivity contribution in [1.29, 1.82) is 0 Å². The maximum atomic E-state index is 10.3. The summed E-state index contributed by atoms with van der Waals surface area (Å²) in [7, 11) is 0. The van der Waals surface area contributed by atoms with Gasteiger partial charge in [-0.05, 0) is 38.8 Å². The van der Waals surface area contributed by atoms with Gasteiger partial charge < -0.3 is 9.52 Å². The molecule has 1 aromatic rings. The molecular weight excluding hydrogens is 268 g/mol. The van der Waals surface area contributed by atoms with Crippen molar-refractivity contribution in [3.8, 4) is 0 Å². The Hall–Kier alpha value is -0.980. The fourth-order valence-corrected chi connectivity index (χ4v) is 3.60. The molecule has 1 aromatic heterocycles. The number of piperidine rings is 1. The Morgan fingerprint density at radius 1 is 1.10 bits per heavy atom. The zero-order valence-electron chi connectivity index (χ0n) is 12.4. The molecule has 0 unspecified atom stereocenters. The van der Waals surface area contributed by atoms with E-state index in [0.717, 1.165) is 25.5 Å². The second-order valence-corrected chi connectivity index (χ2v) is 6.73. The minimum atomic E-state index is -0.256. The molecule has 6 nitrogen and oxygen atoms in total. The van der Waals surface area contributed by atoms with E-state index in [1.807, 2.05) is 0 Å². The molecule has 1 N–H and O–H groups in total. The Labute approximate surface area is 125 Å². The molecule has 4 rings (SSSR count). The van der Waals surface area contributed by atoms with Crippen LogP contribution >= 0.6 is 0 Å². The summed E-state index contributed by atoms with van der Waals surface area (Å²) in [5, 5.41) is 18.6. The zero-order chi connectivity index (χ0) is 14.2. The van der Waals surface area contributed by atoms with Crippen LogP contribution in [-0.4, -0.2) is 63.4 Å². The topological polar surface area (TPSA) is 65.6 Å². The SMILES string of the molecule is O[C@H]1CN(Cc2nnc(C3CC3)o2)C[C@@H]1N1CCCCC1. The molecule has 0 spiro atoms. The molecule has 2 atom stereocenters. The first-order valence-corrected chi connectivity index (χ1v) is 8.26. The fraction of sp³-hybridized carbons (Fsp3) is 0.867. The van der Waals surface area contributed by atoms with Crippen molar-refractivity contribution in [3.63, 3.8) is 0 Å². The van der Waals surface area contributed by atoms with E-state index in [1.54, 1.807) is 0 Å². The number of β-amino-alcohol motifs (C(OH)–C–C–N with tert-alkyl or cyclic N) is 1. The Balaban J connectivity index is 1.35. The van der Waals surface area contributed by atoms with Gasteiger partial charge in [0.2, 0.25) is 11.8 Å². The summed E-state index contributed by atoms with van der Waals surface area (Å²) in [6, 6.07) is 0.274. The van der Waals surface area contributed by atoms with E-state index in [9.17, 15) is 5.11 Å². The first kappa shape index (κ1) is 13.7. The van der Waals surface area contributed by atoms with Gasteiger partial charge in [0.25, 0.3) is 0 Å². The van der Waals surface area contributed by atoms with Gasteiger partial charge in [0.15, 0.2) is 0 Å². The monoisotopic (exact) mass is 292 g/mol. The van der Waals surface area contributed by atoms with Crippen LogP contribution in [0.2, 0.25) is 0 Å². The first-order chi connectivity index (χ1) is 10.3. The van der Waals surface area contributed by atoms with Gasteiger partial charge in [-0.15, -0.1) is 10.2 Å². The molecule has 2 aliphatic heterocycles. The summed E-state index contributed by atoms with van der Waals surface area (Å²) >= 11 is 0. The third kappa shape index (κ3) is 2.98. The fourth-order valence-electron chi connectivity index (χ4n) is 3.60. The van der Waals surface area contributed by atoms with E-state index in [2.05, 4.69) is 20.0 Å². The normalized spacial score (nSPS) is 31.9. The number of aromatic nitrogens is 2. The maximum absolute atomic E-state index is 10.3. The van der Waals surface area contributed by atoms with Crippen LogP contribution in [0.15, 0.2) is 4.42 Å². The lowest BCUT2D eigenvalue weighted by Crippen LogP contribution is -2.45. The van der Waals surface area contributed by atoms with Crippen molar-refractivity contribution in [2.75, 3.05) is 26.2 Å². The van der Waals surface area contributed by atoms with Gasteiger partial charge in [0.1, 0.15) is 0 Å². The predicted octanol–water partition coefficient (Wildman–Crippen LogP) is 0.978. The Morgan fingerprint density at radius 2 is 1.90 bits per heavy atom. The van der Waals surface area contributed by atoms with Crippen molar-refractivity contribution in [3.05, 3.63) is 11.8 Å². The van der Waals surface area contributed by atoms with Gasteiger partial charge in [-0.2, -0.15) is 0 Å². The van der Waals surface area contributed by atoms with Crippen LogP contribution in [0.3, 0.4) is 0 Å². The minimum Gasteiger partial charge on any atom is -0.424 e. The highest BCUT2D eigenvalue weighted by atomic mass is 16.4. The van der Waals surface area contributed by atoms with Crippen molar-refractivity contribution < 1.29 is 9.52 Å². The van der Waals surface area contributed by atoms with E-state index in [0.29, 0.717) is 24.9 Å². The van der Waals surface area contributed by atoms with E-state index < -0.39 is 0 Å². The van der Waals surface area contributed by atoms with Crippen molar-refractivity contribution in [2.45, 2.75) is 56.7 Å². The molecule has 0 amide bonds. The lowest BCUT2D eigenvalue weighted by Gasteiger charge is -2.33. The minimum absolute atomic E-state index is 0.256. The van der Waals surface area contributed by atoms with Crippen molar-refractivity contribution in [2.24, 2.45) is 0 Å². The second-order valence-electron chi connectivity index (χ2n) is 6.73. The summed E-state index contributed by atoms with van der Waals surface area (Å²) in [6.45, 7) is 4.54. The maximum Gasteiger partial charge on any atom is 0.230 e. The smallest absolute Gasteiger partial charge is 0.230 e. The highest BCUT2D eigenvalue weighted by Gasteiger charge is 2.36. The highest BCUT2D eigenvalue weighted by molar-refractivity contribution is 5.00. The quantitative estimate of drug-likeness (QED) is 0.892. The second kappa shape index (κ2) is 5.66. The number of aliphatic hydroxyl groups excluding tert-OH is 1. The average Bonchev–Trinajstić information content (AvgIpc) is 3.15. The van der Waals surface area contributed by atoms with E-state index in [4.69, 9.17) is 4.42 Å². The van der Waals surface area contributed by atoms with Gasteiger partial charge >= 0.3 is 0 Å². The largest absolute Gasteiger partial charge is 0.424 e. The van der Waals surface area contributed by atoms with E-state index in [-0.39, 0.29) is 12.1 Å².